The van der Waals surface area contributed by atoms with Crippen molar-refractivity contribution in [3.8, 4) is 17.4 Å². The Hall–Kier alpha value is -4.31. The summed E-state index contributed by atoms with van der Waals surface area (Å²) in [5, 5.41) is 26.3. The van der Waals surface area contributed by atoms with Crippen molar-refractivity contribution < 1.29 is 14.5 Å². The molecule has 10 nitrogen and oxygen atoms in total. The molecule has 1 amide bonds. The maximum absolute atomic E-state index is 12.5. The van der Waals surface area contributed by atoms with Crippen LogP contribution in [0.5, 0.6) is 11.6 Å². The number of amides is 1. The first kappa shape index (κ1) is 22.9. The zero-order valence-corrected chi connectivity index (χ0v) is 19.2. The summed E-state index contributed by atoms with van der Waals surface area (Å²) < 4.78 is 7.46. The van der Waals surface area contributed by atoms with Crippen LogP contribution in [0, 0.1) is 30.9 Å². The summed E-state index contributed by atoms with van der Waals surface area (Å²) >= 11 is 6.01. The number of hydrogen-bond donors (Lipinski definition) is 1. The average Bonchev–Trinajstić information content (AvgIpc) is 3.08. The standard InChI is InChI=1S/C23H19ClN6O4/c1-13-14(2)28-29(15(13)3)21-10-11-22(27-26-21)34-18-7-4-16(5-8-18)25-23(31)19-9-6-17(30(32)33)12-20(19)24/h4-12H,1-3H3,(H,25,31). The van der Waals surface area contributed by atoms with E-state index in [9.17, 15) is 14.9 Å². The Bertz CT molecular complexity index is 1380. The average molecular weight is 479 g/mol. The molecule has 2 heterocycles. The Kier molecular flexibility index (Phi) is 6.24. The third kappa shape index (κ3) is 4.71. The van der Waals surface area contributed by atoms with Crippen molar-refractivity contribution in [2.24, 2.45) is 0 Å². The molecule has 0 aliphatic rings. The lowest BCUT2D eigenvalue weighted by molar-refractivity contribution is -0.384. The van der Waals surface area contributed by atoms with Crippen molar-refractivity contribution >= 4 is 28.9 Å². The lowest BCUT2D eigenvalue weighted by atomic mass is 10.2. The third-order valence-electron chi connectivity index (χ3n) is 5.24. The number of nitro groups is 1. The molecule has 0 atom stereocenters. The van der Waals surface area contributed by atoms with Gasteiger partial charge in [0.2, 0.25) is 5.88 Å². The van der Waals surface area contributed by atoms with Gasteiger partial charge in [-0.05, 0) is 62.7 Å². The number of ether oxygens (including phenoxy) is 1. The number of halogens is 1. The van der Waals surface area contributed by atoms with Crippen LogP contribution in [0.25, 0.3) is 5.82 Å². The molecule has 0 unspecified atom stereocenters. The van der Waals surface area contributed by atoms with Crippen LogP contribution in [0.1, 0.15) is 27.3 Å². The molecule has 2 aromatic heterocycles. The molecule has 0 bridgehead atoms. The summed E-state index contributed by atoms with van der Waals surface area (Å²) in [6, 6.07) is 13.7. The summed E-state index contributed by atoms with van der Waals surface area (Å²) in [5.41, 5.74) is 3.46. The van der Waals surface area contributed by atoms with Gasteiger partial charge in [-0.25, -0.2) is 4.68 Å². The van der Waals surface area contributed by atoms with E-state index < -0.39 is 10.8 Å². The second kappa shape index (κ2) is 9.28. The Labute approximate surface area is 199 Å². The molecule has 0 fully saturated rings. The Morgan fingerprint density at radius 3 is 2.35 bits per heavy atom. The van der Waals surface area contributed by atoms with Gasteiger partial charge in [0.1, 0.15) is 5.75 Å². The molecule has 1 N–H and O–H groups in total. The number of aromatic nitrogens is 4. The van der Waals surface area contributed by atoms with Gasteiger partial charge in [0, 0.05) is 29.6 Å². The van der Waals surface area contributed by atoms with Gasteiger partial charge in [0.15, 0.2) is 5.82 Å². The molecule has 34 heavy (non-hydrogen) atoms. The zero-order chi connectivity index (χ0) is 24.4. The van der Waals surface area contributed by atoms with Gasteiger partial charge in [0.25, 0.3) is 11.6 Å². The fraction of sp³-hybridized carbons (Fsp3) is 0.130. The second-order valence-corrected chi connectivity index (χ2v) is 7.85. The number of rotatable bonds is 6. The minimum absolute atomic E-state index is 0.00991. The molecule has 0 aliphatic heterocycles. The fourth-order valence-corrected chi connectivity index (χ4v) is 3.41. The Balaban J connectivity index is 1.41. The highest BCUT2D eigenvalue weighted by atomic mass is 35.5. The van der Waals surface area contributed by atoms with E-state index in [1.54, 1.807) is 41.1 Å². The van der Waals surface area contributed by atoms with Gasteiger partial charge in [-0.2, -0.15) is 5.10 Å². The van der Waals surface area contributed by atoms with Gasteiger partial charge >= 0.3 is 0 Å². The van der Waals surface area contributed by atoms with Crippen molar-refractivity contribution in [2.45, 2.75) is 20.8 Å². The predicted octanol–water partition coefficient (Wildman–Crippen LogP) is 5.19. The number of hydrogen-bond acceptors (Lipinski definition) is 7. The Morgan fingerprint density at radius 2 is 1.79 bits per heavy atom. The molecule has 0 aliphatic carbocycles. The summed E-state index contributed by atoms with van der Waals surface area (Å²) in [4.78, 5) is 22.7. The highest BCUT2D eigenvalue weighted by Gasteiger charge is 2.15. The first-order valence-electron chi connectivity index (χ1n) is 10.1. The summed E-state index contributed by atoms with van der Waals surface area (Å²) in [7, 11) is 0. The molecule has 2 aromatic carbocycles. The molecule has 4 aromatic rings. The van der Waals surface area contributed by atoms with Crippen LogP contribution in [0.15, 0.2) is 54.6 Å². The monoisotopic (exact) mass is 478 g/mol. The van der Waals surface area contributed by atoms with Gasteiger partial charge < -0.3 is 10.1 Å². The van der Waals surface area contributed by atoms with E-state index in [1.165, 1.54) is 12.1 Å². The summed E-state index contributed by atoms with van der Waals surface area (Å²) in [6.45, 7) is 5.92. The van der Waals surface area contributed by atoms with E-state index in [0.717, 1.165) is 23.0 Å². The number of nitrogens with zero attached hydrogens (tertiary/aromatic N) is 5. The zero-order valence-electron chi connectivity index (χ0n) is 18.4. The summed E-state index contributed by atoms with van der Waals surface area (Å²) in [5.74, 6) is 0.894. The number of carbonyl (C=O) groups is 1. The minimum Gasteiger partial charge on any atom is -0.438 e. The lowest BCUT2D eigenvalue weighted by Crippen LogP contribution is -2.12. The molecule has 0 saturated carbocycles. The molecule has 0 radical (unpaired) electrons. The quantitative estimate of drug-likeness (QED) is 0.298. The maximum atomic E-state index is 12.5. The van der Waals surface area contributed by atoms with Crippen molar-refractivity contribution in [1.29, 1.82) is 0 Å². The van der Waals surface area contributed by atoms with E-state index >= 15 is 0 Å². The van der Waals surface area contributed by atoms with E-state index in [4.69, 9.17) is 16.3 Å². The van der Waals surface area contributed by atoms with Crippen LogP contribution >= 0.6 is 11.6 Å². The van der Waals surface area contributed by atoms with Crippen molar-refractivity contribution in [1.82, 2.24) is 20.0 Å². The van der Waals surface area contributed by atoms with Crippen LogP contribution in [-0.2, 0) is 0 Å². The van der Waals surface area contributed by atoms with Crippen LogP contribution in [0.2, 0.25) is 5.02 Å². The SMILES string of the molecule is Cc1nn(-c2ccc(Oc3ccc(NC(=O)c4ccc([N+](=O)[O-])cc4Cl)cc3)nn2)c(C)c1C. The van der Waals surface area contributed by atoms with E-state index in [-0.39, 0.29) is 16.3 Å². The van der Waals surface area contributed by atoms with Crippen LogP contribution in [0.4, 0.5) is 11.4 Å². The fourth-order valence-electron chi connectivity index (χ4n) is 3.15. The topological polar surface area (TPSA) is 125 Å². The first-order valence-corrected chi connectivity index (χ1v) is 10.5. The number of benzene rings is 2. The number of carbonyl (C=O) groups excluding carboxylic acids is 1. The highest BCUT2D eigenvalue weighted by Crippen LogP contribution is 2.25. The molecular weight excluding hydrogens is 460 g/mol. The van der Waals surface area contributed by atoms with Crippen LogP contribution in [-0.4, -0.2) is 30.8 Å². The summed E-state index contributed by atoms with van der Waals surface area (Å²) in [6.07, 6.45) is 0. The smallest absolute Gasteiger partial charge is 0.270 e. The highest BCUT2D eigenvalue weighted by molar-refractivity contribution is 6.34. The number of non-ortho nitro benzene ring substituents is 1. The van der Waals surface area contributed by atoms with Crippen molar-refractivity contribution in [3.63, 3.8) is 0 Å². The number of nitro benzene ring substituents is 1. The minimum atomic E-state index is -0.579. The van der Waals surface area contributed by atoms with E-state index in [2.05, 4.69) is 20.6 Å². The molecule has 0 saturated heterocycles. The van der Waals surface area contributed by atoms with E-state index in [0.29, 0.717) is 23.1 Å². The van der Waals surface area contributed by atoms with Gasteiger partial charge in [-0.3, -0.25) is 14.9 Å². The molecule has 11 heteroatoms. The molecule has 0 spiro atoms. The van der Waals surface area contributed by atoms with Crippen molar-refractivity contribution in [3.05, 3.63) is 92.2 Å². The van der Waals surface area contributed by atoms with Gasteiger partial charge in [-0.15, -0.1) is 10.2 Å². The number of aryl methyl sites for hydroxylation is 1. The second-order valence-electron chi connectivity index (χ2n) is 7.44. The number of nitrogens with one attached hydrogen (secondary N) is 1. The molecule has 4 rings (SSSR count). The van der Waals surface area contributed by atoms with Crippen LogP contribution in [0.3, 0.4) is 0 Å². The van der Waals surface area contributed by atoms with Gasteiger partial charge in [-0.1, -0.05) is 11.6 Å². The predicted molar refractivity (Wildman–Crippen MR) is 126 cm³/mol. The first-order chi connectivity index (χ1) is 16.2. The van der Waals surface area contributed by atoms with Crippen molar-refractivity contribution in [2.75, 3.05) is 5.32 Å². The molecular formula is C23H19ClN6O4. The lowest BCUT2D eigenvalue weighted by Gasteiger charge is -2.09. The molecule has 172 valence electrons. The Morgan fingerprint density at radius 1 is 1.06 bits per heavy atom. The largest absolute Gasteiger partial charge is 0.438 e. The third-order valence-corrected chi connectivity index (χ3v) is 5.55. The van der Waals surface area contributed by atoms with Crippen LogP contribution < -0.4 is 10.1 Å². The van der Waals surface area contributed by atoms with Gasteiger partial charge in [0.05, 0.1) is 21.2 Å². The normalized spacial score (nSPS) is 10.7. The maximum Gasteiger partial charge on any atom is 0.270 e. The van der Waals surface area contributed by atoms with E-state index in [1.807, 2.05) is 20.8 Å². The number of anilines is 1.